The van der Waals surface area contributed by atoms with Crippen LogP contribution in [0.25, 0.3) is 10.4 Å². The molecule has 0 bridgehead atoms. The zero-order valence-electron chi connectivity index (χ0n) is 18.0. The first kappa shape index (κ1) is 22.1. The standard InChI is InChI=1S/C22H23FN4O4S/c1-4-16-18(12(2)26-31-16)21(28)24-11-17-27(9-10-30-17)22(29)19-20(32-13(3)25-19)14-5-7-15(23)8-6-14/h5-8,17H,4,9-11H2,1-3H3,(H,24,28). The van der Waals surface area contributed by atoms with E-state index in [0.29, 0.717) is 47.2 Å². The van der Waals surface area contributed by atoms with E-state index in [9.17, 15) is 14.0 Å². The van der Waals surface area contributed by atoms with Gasteiger partial charge in [-0.1, -0.05) is 24.2 Å². The average Bonchev–Trinajstić information content (AvgIpc) is 3.50. The van der Waals surface area contributed by atoms with Crippen LogP contribution in [0.4, 0.5) is 4.39 Å². The first-order valence-electron chi connectivity index (χ1n) is 10.3. The van der Waals surface area contributed by atoms with Gasteiger partial charge in [-0.15, -0.1) is 11.3 Å². The second-order valence-electron chi connectivity index (χ2n) is 7.37. The molecule has 1 aliphatic rings. The third-order valence-corrected chi connectivity index (χ3v) is 6.23. The molecule has 1 aromatic carbocycles. The highest BCUT2D eigenvalue weighted by Gasteiger charge is 2.34. The Kier molecular flexibility index (Phi) is 6.33. The van der Waals surface area contributed by atoms with E-state index >= 15 is 0 Å². The number of carbonyl (C=O) groups is 2. The third kappa shape index (κ3) is 4.28. The van der Waals surface area contributed by atoms with E-state index < -0.39 is 6.23 Å². The van der Waals surface area contributed by atoms with Crippen LogP contribution in [-0.4, -0.2) is 52.8 Å². The molecule has 1 unspecified atom stereocenters. The van der Waals surface area contributed by atoms with Crippen LogP contribution in [0.1, 0.15) is 44.2 Å². The molecule has 32 heavy (non-hydrogen) atoms. The summed E-state index contributed by atoms with van der Waals surface area (Å²) in [6.45, 7) is 6.26. The predicted molar refractivity (Wildman–Crippen MR) is 116 cm³/mol. The maximum absolute atomic E-state index is 13.3. The third-order valence-electron chi connectivity index (χ3n) is 5.21. The van der Waals surface area contributed by atoms with Gasteiger partial charge in [0.05, 0.1) is 28.7 Å². The minimum absolute atomic E-state index is 0.118. The summed E-state index contributed by atoms with van der Waals surface area (Å²) in [6, 6.07) is 5.97. The van der Waals surface area contributed by atoms with Crippen LogP contribution < -0.4 is 5.32 Å². The second kappa shape index (κ2) is 9.17. The molecule has 1 fully saturated rings. The van der Waals surface area contributed by atoms with Crippen LogP contribution >= 0.6 is 11.3 Å². The van der Waals surface area contributed by atoms with E-state index in [1.54, 1.807) is 24.0 Å². The zero-order chi connectivity index (χ0) is 22.8. The first-order chi connectivity index (χ1) is 15.4. The highest BCUT2D eigenvalue weighted by molar-refractivity contribution is 7.15. The first-order valence-corrected chi connectivity index (χ1v) is 11.1. The maximum Gasteiger partial charge on any atom is 0.276 e. The van der Waals surface area contributed by atoms with Gasteiger partial charge in [0.25, 0.3) is 11.8 Å². The Bertz CT molecular complexity index is 1140. The number of amides is 2. The molecule has 3 aromatic rings. The molecule has 8 nitrogen and oxygen atoms in total. The van der Waals surface area contributed by atoms with Crippen molar-refractivity contribution >= 4 is 23.2 Å². The normalized spacial score (nSPS) is 15.9. The monoisotopic (exact) mass is 458 g/mol. The van der Waals surface area contributed by atoms with E-state index in [0.717, 1.165) is 10.6 Å². The highest BCUT2D eigenvalue weighted by atomic mass is 32.1. The molecular formula is C22H23FN4O4S. The van der Waals surface area contributed by atoms with Crippen LogP contribution in [0, 0.1) is 19.7 Å². The molecule has 2 amide bonds. The van der Waals surface area contributed by atoms with Crippen LogP contribution in [0.2, 0.25) is 0 Å². The molecule has 0 saturated carbocycles. The lowest BCUT2D eigenvalue weighted by atomic mass is 10.1. The Balaban J connectivity index is 1.50. The van der Waals surface area contributed by atoms with Crippen molar-refractivity contribution in [2.75, 3.05) is 19.7 Å². The van der Waals surface area contributed by atoms with Gasteiger partial charge in [0.2, 0.25) is 0 Å². The van der Waals surface area contributed by atoms with Crippen molar-refractivity contribution in [3.63, 3.8) is 0 Å². The number of ether oxygens (including phenoxy) is 1. The molecule has 1 saturated heterocycles. The molecule has 1 atom stereocenters. The number of halogens is 1. The Morgan fingerprint density at radius 2 is 2.03 bits per heavy atom. The summed E-state index contributed by atoms with van der Waals surface area (Å²) in [7, 11) is 0. The number of hydrogen-bond acceptors (Lipinski definition) is 7. The number of nitrogens with one attached hydrogen (secondary N) is 1. The fourth-order valence-corrected chi connectivity index (χ4v) is 4.56. The van der Waals surface area contributed by atoms with E-state index in [-0.39, 0.29) is 24.2 Å². The lowest BCUT2D eigenvalue weighted by Crippen LogP contribution is -2.44. The van der Waals surface area contributed by atoms with E-state index in [1.807, 2.05) is 13.8 Å². The van der Waals surface area contributed by atoms with E-state index in [4.69, 9.17) is 9.26 Å². The summed E-state index contributed by atoms with van der Waals surface area (Å²) in [6.07, 6.45) is -0.0801. The predicted octanol–water partition coefficient (Wildman–Crippen LogP) is 3.34. The Labute approximate surface area is 188 Å². The fourth-order valence-electron chi connectivity index (χ4n) is 3.64. The summed E-state index contributed by atoms with van der Waals surface area (Å²) in [4.78, 5) is 32.7. The van der Waals surface area contributed by atoms with Gasteiger partial charge in [-0.25, -0.2) is 9.37 Å². The summed E-state index contributed by atoms with van der Waals surface area (Å²) in [5.74, 6) is -0.441. The number of thiazole rings is 1. The van der Waals surface area contributed by atoms with Crippen LogP contribution in [0.3, 0.4) is 0 Å². The van der Waals surface area contributed by atoms with Crippen molar-refractivity contribution in [1.29, 1.82) is 0 Å². The van der Waals surface area contributed by atoms with Gasteiger partial charge < -0.3 is 19.5 Å². The minimum atomic E-state index is -0.625. The molecule has 0 spiro atoms. The summed E-state index contributed by atoms with van der Waals surface area (Å²) in [5.41, 5.74) is 1.95. The Hall–Kier alpha value is -3.11. The lowest BCUT2D eigenvalue weighted by Gasteiger charge is -2.23. The van der Waals surface area contributed by atoms with Gasteiger partial charge in [0, 0.05) is 13.0 Å². The van der Waals surface area contributed by atoms with Gasteiger partial charge in [-0.3, -0.25) is 9.59 Å². The smallest absolute Gasteiger partial charge is 0.276 e. The van der Waals surface area contributed by atoms with E-state index in [1.165, 1.54) is 23.5 Å². The molecular weight excluding hydrogens is 435 g/mol. The molecule has 4 rings (SSSR count). The Morgan fingerprint density at radius 3 is 2.75 bits per heavy atom. The molecule has 10 heteroatoms. The molecule has 0 radical (unpaired) electrons. The van der Waals surface area contributed by atoms with E-state index in [2.05, 4.69) is 15.5 Å². The topological polar surface area (TPSA) is 97.6 Å². The summed E-state index contributed by atoms with van der Waals surface area (Å²) in [5, 5.41) is 7.40. The number of rotatable bonds is 6. The van der Waals surface area contributed by atoms with Crippen molar-refractivity contribution in [3.05, 3.63) is 57.8 Å². The van der Waals surface area contributed by atoms with Gasteiger partial charge in [0.15, 0.2) is 0 Å². The quantitative estimate of drug-likeness (QED) is 0.609. The SMILES string of the molecule is CCc1onc(C)c1C(=O)NCC1OCCN1C(=O)c1nc(C)sc1-c1ccc(F)cc1. The second-order valence-corrected chi connectivity index (χ2v) is 8.57. The molecule has 1 N–H and O–H groups in total. The number of benzene rings is 1. The van der Waals surface area contributed by atoms with Crippen molar-refractivity contribution in [3.8, 4) is 10.4 Å². The summed E-state index contributed by atoms with van der Waals surface area (Å²) < 4.78 is 24.2. The van der Waals surface area contributed by atoms with Gasteiger partial charge >= 0.3 is 0 Å². The van der Waals surface area contributed by atoms with Crippen LogP contribution in [0.15, 0.2) is 28.8 Å². The average molecular weight is 459 g/mol. The van der Waals surface area contributed by atoms with Gasteiger partial charge in [-0.05, 0) is 31.5 Å². The van der Waals surface area contributed by atoms with Crippen LogP contribution in [-0.2, 0) is 11.2 Å². The number of nitrogens with zero attached hydrogens (tertiary/aromatic N) is 3. The van der Waals surface area contributed by atoms with Crippen molar-refractivity contribution < 1.29 is 23.2 Å². The molecule has 0 aliphatic carbocycles. The molecule has 3 heterocycles. The molecule has 1 aliphatic heterocycles. The number of hydrogen-bond donors (Lipinski definition) is 1. The maximum atomic E-state index is 13.3. The minimum Gasteiger partial charge on any atom is -0.360 e. The number of carbonyl (C=O) groups excluding carboxylic acids is 2. The lowest BCUT2D eigenvalue weighted by molar-refractivity contribution is 0.0276. The Morgan fingerprint density at radius 1 is 1.28 bits per heavy atom. The van der Waals surface area contributed by atoms with Crippen molar-refractivity contribution in [1.82, 2.24) is 20.4 Å². The largest absolute Gasteiger partial charge is 0.360 e. The van der Waals surface area contributed by atoms with Gasteiger partial charge in [-0.2, -0.15) is 0 Å². The number of aryl methyl sites for hydroxylation is 3. The van der Waals surface area contributed by atoms with Crippen molar-refractivity contribution in [2.24, 2.45) is 0 Å². The zero-order valence-corrected chi connectivity index (χ0v) is 18.8. The highest BCUT2D eigenvalue weighted by Crippen LogP contribution is 2.32. The van der Waals surface area contributed by atoms with Crippen molar-refractivity contribution in [2.45, 2.75) is 33.4 Å². The molecule has 168 valence electrons. The fraction of sp³-hybridized carbons (Fsp3) is 0.364. The number of aromatic nitrogens is 2. The van der Waals surface area contributed by atoms with Gasteiger partial charge in [0.1, 0.15) is 29.1 Å². The molecule has 2 aromatic heterocycles. The summed E-state index contributed by atoms with van der Waals surface area (Å²) >= 11 is 1.37. The van der Waals surface area contributed by atoms with Crippen LogP contribution in [0.5, 0.6) is 0 Å².